The highest BCUT2D eigenvalue weighted by atomic mass is 32.2. The summed E-state index contributed by atoms with van der Waals surface area (Å²) >= 11 is 2.10. The molecule has 1 heterocycles. The number of rotatable bonds is 8. The minimum atomic E-state index is 0.874. The van der Waals surface area contributed by atoms with Gasteiger partial charge in [0.15, 0.2) is 0 Å². The SMILES string of the molecule is CC[C@H](CCCN1CCSCC1)CCOC. The van der Waals surface area contributed by atoms with Gasteiger partial charge < -0.3 is 9.64 Å². The second-order valence-corrected chi connectivity index (χ2v) is 5.88. The van der Waals surface area contributed by atoms with E-state index in [1.165, 1.54) is 56.8 Å². The van der Waals surface area contributed by atoms with Gasteiger partial charge in [-0.3, -0.25) is 0 Å². The maximum atomic E-state index is 5.16. The summed E-state index contributed by atoms with van der Waals surface area (Å²) in [4.78, 5) is 2.62. The van der Waals surface area contributed by atoms with Gasteiger partial charge >= 0.3 is 0 Å². The van der Waals surface area contributed by atoms with Crippen LogP contribution in [0.2, 0.25) is 0 Å². The number of methoxy groups -OCH3 is 1. The second-order valence-electron chi connectivity index (χ2n) is 4.65. The number of thioether (sulfide) groups is 1. The lowest BCUT2D eigenvalue weighted by Crippen LogP contribution is -2.33. The quantitative estimate of drug-likeness (QED) is 0.652. The third-order valence-electron chi connectivity index (χ3n) is 3.50. The molecule has 0 N–H and O–H groups in total. The van der Waals surface area contributed by atoms with Crippen molar-refractivity contribution < 1.29 is 4.74 Å². The van der Waals surface area contributed by atoms with Crippen LogP contribution in [0.4, 0.5) is 0 Å². The summed E-state index contributed by atoms with van der Waals surface area (Å²) in [6.07, 6.45) is 5.29. The molecule has 0 aromatic carbocycles. The van der Waals surface area contributed by atoms with Crippen molar-refractivity contribution in [2.24, 2.45) is 5.92 Å². The highest BCUT2D eigenvalue weighted by Gasteiger charge is 2.11. The Morgan fingerprint density at radius 3 is 2.62 bits per heavy atom. The predicted molar refractivity (Wildman–Crippen MR) is 73.3 cm³/mol. The monoisotopic (exact) mass is 245 g/mol. The van der Waals surface area contributed by atoms with Gasteiger partial charge in [0.1, 0.15) is 0 Å². The van der Waals surface area contributed by atoms with E-state index in [2.05, 4.69) is 23.6 Å². The van der Waals surface area contributed by atoms with Gasteiger partial charge in [-0.25, -0.2) is 0 Å². The number of nitrogens with zero attached hydrogens (tertiary/aromatic N) is 1. The van der Waals surface area contributed by atoms with Crippen LogP contribution >= 0.6 is 11.8 Å². The van der Waals surface area contributed by atoms with Gasteiger partial charge in [0.25, 0.3) is 0 Å². The topological polar surface area (TPSA) is 12.5 Å². The first kappa shape index (κ1) is 14.3. The summed E-state index contributed by atoms with van der Waals surface area (Å²) in [6, 6.07) is 0. The summed E-state index contributed by atoms with van der Waals surface area (Å²) < 4.78 is 5.16. The first-order valence-electron chi connectivity index (χ1n) is 6.65. The van der Waals surface area contributed by atoms with Crippen molar-refractivity contribution in [2.75, 3.05) is 44.9 Å². The molecular formula is C13H27NOS. The molecule has 1 fully saturated rings. The average molecular weight is 245 g/mol. The van der Waals surface area contributed by atoms with Crippen molar-refractivity contribution in [3.63, 3.8) is 0 Å². The molecule has 0 unspecified atom stereocenters. The molecule has 1 rings (SSSR count). The molecular weight excluding hydrogens is 218 g/mol. The van der Waals surface area contributed by atoms with Gasteiger partial charge in [0.2, 0.25) is 0 Å². The van der Waals surface area contributed by atoms with Crippen LogP contribution in [0, 0.1) is 5.92 Å². The third kappa shape index (κ3) is 6.12. The molecule has 0 aliphatic carbocycles. The van der Waals surface area contributed by atoms with Crippen LogP contribution in [0.3, 0.4) is 0 Å². The Labute approximate surface area is 105 Å². The predicted octanol–water partition coefficient (Wildman–Crippen LogP) is 2.88. The van der Waals surface area contributed by atoms with Crippen molar-refractivity contribution in [1.29, 1.82) is 0 Å². The normalized spacial score (nSPS) is 19.9. The van der Waals surface area contributed by atoms with Crippen LogP contribution in [0.25, 0.3) is 0 Å². The Kier molecular flexibility index (Phi) is 8.34. The van der Waals surface area contributed by atoms with Gasteiger partial charge in [0, 0.05) is 38.3 Å². The highest BCUT2D eigenvalue weighted by Crippen LogP contribution is 2.16. The summed E-state index contributed by atoms with van der Waals surface area (Å²) in [7, 11) is 1.80. The first-order chi connectivity index (χ1) is 7.86. The molecule has 0 aromatic heterocycles. The molecule has 0 spiro atoms. The lowest BCUT2D eigenvalue weighted by Gasteiger charge is -2.26. The Morgan fingerprint density at radius 1 is 1.25 bits per heavy atom. The molecule has 0 amide bonds. The van der Waals surface area contributed by atoms with E-state index < -0.39 is 0 Å². The van der Waals surface area contributed by atoms with Gasteiger partial charge in [-0.05, 0) is 31.7 Å². The van der Waals surface area contributed by atoms with Crippen LogP contribution in [-0.2, 0) is 4.74 Å². The molecule has 3 heteroatoms. The minimum Gasteiger partial charge on any atom is -0.385 e. The summed E-state index contributed by atoms with van der Waals surface area (Å²) in [5.74, 6) is 3.54. The molecule has 0 saturated carbocycles. The Balaban J connectivity index is 2.02. The minimum absolute atomic E-state index is 0.874. The number of ether oxygens (including phenoxy) is 1. The zero-order chi connectivity index (χ0) is 11.6. The molecule has 2 nitrogen and oxygen atoms in total. The van der Waals surface area contributed by atoms with E-state index in [1.807, 2.05) is 0 Å². The van der Waals surface area contributed by atoms with E-state index >= 15 is 0 Å². The van der Waals surface area contributed by atoms with E-state index in [0.29, 0.717) is 0 Å². The maximum Gasteiger partial charge on any atom is 0.0464 e. The molecule has 1 aliphatic heterocycles. The van der Waals surface area contributed by atoms with Gasteiger partial charge in [-0.2, -0.15) is 11.8 Å². The molecule has 0 bridgehead atoms. The fraction of sp³-hybridized carbons (Fsp3) is 1.00. The van der Waals surface area contributed by atoms with Gasteiger partial charge in [-0.15, -0.1) is 0 Å². The summed E-state index contributed by atoms with van der Waals surface area (Å²) in [5.41, 5.74) is 0. The van der Waals surface area contributed by atoms with E-state index in [0.717, 1.165) is 12.5 Å². The van der Waals surface area contributed by atoms with Crippen LogP contribution in [0.15, 0.2) is 0 Å². The van der Waals surface area contributed by atoms with Crippen molar-refractivity contribution in [3.8, 4) is 0 Å². The standard InChI is InChI=1S/C13H27NOS/c1-3-13(6-10-15-2)5-4-7-14-8-11-16-12-9-14/h13H,3-12H2,1-2H3/t13-/m1/s1. The van der Waals surface area contributed by atoms with E-state index in [1.54, 1.807) is 7.11 Å². The number of hydrogen-bond donors (Lipinski definition) is 0. The van der Waals surface area contributed by atoms with Gasteiger partial charge in [0.05, 0.1) is 0 Å². The Morgan fingerprint density at radius 2 is 2.00 bits per heavy atom. The molecule has 1 atom stereocenters. The second kappa shape index (κ2) is 9.32. The third-order valence-corrected chi connectivity index (χ3v) is 4.44. The first-order valence-corrected chi connectivity index (χ1v) is 7.81. The van der Waals surface area contributed by atoms with E-state index in [9.17, 15) is 0 Å². The van der Waals surface area contributed by atoms with Crippen molar-refractivity contribution in [1.82, 2.24) is 4.90 Å². The Bertz CT molecular complexity index is 160. The van der Waals surface area contributed by atoms with Crippen molar-refractivity contribution in [3.05, 3.63) is 0 Å². The van der Waals surface area contributed by atoms with Gasteiger partial charge in [-0.1, -0.05) is 13.3 Å². The largest absolute Gasteiger partial charge is 0.385 e. The maximum absolute atomic E-state index is 5.16. The lowest BCUT2D eigenvalue weighted by atomic mass is 9.97. The highest BCUT2D eigenvalue weighted by molar-refractivity contribution is 7.99. The smallest absolute Gasteiger partial charge is 0.0464 e. The van der Waals surface area contributed by atoms with Crippen LogP contribution in [0.5, 0.6) is 0 Å². The fourth-order valence-corrected chi connectivity index (χ4v) is 3.24. The van der Waals surface area contributed by atoms with Crippen molar-refractivity contribution >= 4 is 11.8 Å². The van der Waals surface area contributed by atoms with Crippen LogP contribution < -0.4 is 0 Å². The van der Waals surface area contributed by atoms with Crippen LogP contribution in [0.1, 0.15) is 32.6 Å². The average Bonchev–Trinajstić information content (AvgIpc) is 2.35. The fourth-order valence-electron chi connectivity index (χ4n) is 2.27. The van der Waals surface area contributed by atoms with Crippen molar-refractivity contribution in [2.45, 2.75) is 32.6 Å². The molecule has 1 aliphatic rings. The molecule has 0 radical (unpaired) electrons. The summed E-state index contributed by atoms with van der Waals surface area (Å²) in [5, 5.41) is 0. The van der Waals surface area contributed by atoms with Crippen LogP contribution in [-0.4, -0.2) is 49.8 Å². The molecule has 1 saturated heterocycles. The number of hydrogen-bond acceptors (Lipinski definition) is 3. The zero-order valence-corrected chi connectivity index (χ0v) is 11.7. The zero-order valence-electron chi connectivity index (χ0n) is 10.9. The van der Waals surface area contributed by atoms with E-state index in [4.69, 9.17) is 4.74 Å². The molecule has 16 heavy (non-hydrogen) atoms. The molecule has 0 aromatic rings. The summed E-state index contributed by atoms with van der Waals surface area (Å²) in [6.45, 7) is 7.15. The van der Waals surface area contributed by atoms with E-state index in [-0.39, 0.29) is 0 Å². The lowest BCUT2D eigenvalue weighted by molar-refractivity contribution is 0.171. The molecule has 96 valence electrons. The Hall–Kier alpha value is 0.270.